The molecule has 0 atom stereocenters. The molecule has 0 fully saturated rings. The molecule has 0 aliphatic heterocycles. The van der Waals surface area contributed by atoms with Crippen molar-refractivity contribution >= 4 is 37.5 Å². The van der Waals surface area contributed by atoms with E-state index in [1.54, 1.807) is 0 Å². The van der Waals surface area contributed by atoms with Crippen molar-refractivity contribution in [2.75, 3.05) is 0 Å². The highest BCUT2D eigenvalue weighted by Gasteiger charge is 2.17. The number of halogens is 1. The van der Waals surface area contributed by atoms with Crippen LogP contribution in [0.1, 0.15) is 0 Å². The van der Waals surface area contributed by atoms with Crippen molar-refractivity contribution in [1.82, 2.24) is 15.0 Å². The van der Waals surface area contributed by atoms with E-state index in [-0.39, 0.29) is 0 Å². The highest BCUT2D eigenvalue weighted by Crippen LogP contribution is 2.43. The molecule has 7 aromatic rings. The Labute approximate surface area is 235 Å². The fourth-order valence-corrected chi connectivity index (χ4v) is 5.90. The third-order valence-corrected chi connectivity index (χ3v) is 7.81. The lowest BCUT2D eigenvalue weighted by Crippen LogP contribution is -2.00. The van der Waals surface area contributed by atoms with E-state index in [4.69, 9.17) is 15.0 Å². The van der Waals surface area contributed by atoms with Crippen LogP contribution < -0.4 is 0 Å². The maximum absolute atomic E-state index is 4.96. The van der Waals surface area contributed by atoms with Gasteiger partial charge >= 0.3 is 0 Å². The Kier molecular flexibility index (Phi) is 5.95. The summed E-state index contributed by atoms with van der Waals surface area (Å²) in [6.07, 6.45) is 0. The molecule has 6 aromatic carbocycles. The van der Waals surface area contributed by atoms with Crippen LogP contribution in [0.2, 0.25) is 0 Å². The van der Waals surface area contributed by atoms with Gasteiger partial charge in [-0.2, -0.15) is 0 Å². The molecule has 0 N–H and O–H groups in total. The van der Waals surface area contributed by atoms with Crippen LogP contribution in [0, 0.1) is 0 Å². The van der Waals surface area contributed by atoms with Gasteiger partial charge in [0, 0.05) is 26.7 Å². The fraction of sp³-hybridized carbons (Fsp3) is 0. The smallest absolute Gasteiger partial charge is 0.164 e. The molecule has 7 rings (SSSR count). The van der Waals surface area contributed by atoms with Crippen LogP contribution in [-0.4, -0.2) is 15.0 Å². The molecule has 0 amide bonds. The lowest BCUT2D eigenvalue weighted by atomic mass is 9.92. The normalized spacial score (nSPS) is 11.2. The van der Waals surface area contributed by atoms with Gasteiger partial charge in [0.05, 0.1) is 0 Å². The van der Waals surface area contributed by atoms with Crippen LogP contribution in [0.25, 0.3) is 66.8 Å². The minimum Gasteiger partial charge on any atom is -0.208 e. The summed E-state index contributed by atoms with van der Waals surface area (Å²) in [5.41, 5.74) is 5.17. The second-order valence-electron chi connectivity index (χ2n) is 9.40. The average molecular weight is 564 g/mol. The molecule has 0 bridgehead atoms. The Bertz CT molecular complexity index is 1900. The second-order valence-corrected chi connectivity index (χ2v) is 10.2. The summed E-state index contributed by atoms with van der Waals surface area (Å²) >= 11 is 3.96. The van der Waals surface area contributed by atoms with Crippen molar-refractivity contribution in [1.29, 1.82) is 0 Å². The molecule has 3 nitrogen and oxygen atoms in total. The Hall–Kier alpha value is -4.67. The molecule has 0 saturated heterocycles. The van der Waals surface area contributed by atoms with Crippen molar-refractivity contribution < 1.29 is 0 Å². The van der Waals surface area contributed by atoms with E-state index in [0.717, 1.165) is 37.7 Å². The molecular weight excluding hydrogens is 542 g/mol. The third-order valence-electron chi connectivity index (χ3n) is 6.98. The maximum atomic E-state index is 4.96. The highest BCUT2D eigenvalue weighted by atomic mass is 79.9. The molecule has 0 unspecified atom stereocenters. The van der Waals surface area contributed by atoms with E-state index in [9.17, 15) is 0 Å². The summed E-state index contributed by atoms with van der Waals surface area (Å²) in [7, 11) is 0. The molecule has 184 valence electrons. The van der Waals surface area contributed by atoms with Gasteiger partial charge in [-0.3, -0.25) is 0 Å². The number of hydrogen-bond acceptors (Lipinski definition) is 3. The summed E-state index contributed by atoms with van der Waals surface area (Å²) in [5.74, 6) is 1.96. The minimum atomic E-state index is 0.646. The summed E-state index contributed by atoms with van der Waals surface area (Å²) in [6.45, 7) is 0. The van der Waals surface area contributed by atoms with Crippen molar-refractivity contribution in [2.45, 2.75) is 0 Å². The lowest BCUT2D eigenvalue weighted by Gasteiger charge is -2.15. The Balaban J connectivity index is 1.51. The number of fused-ring (bicyclic) bond motifs is 3. The van der Waals surface area contributed by atoms with Gasteiger partial charge in [-0.25, -0.2) is 15.0 Å². The number of aromatic nitrogens is 3. The van der Waals surface area contributed by atoms with Crippen LogP contribution in [0.4, 0.5) is 0 Å². The van der Waals surface area contributed by atoms with Crippen LogP contribution in [0.15, 0.2) is 138 Å². The molecule has 39 heavy (non-hydrogen) atoms. The lowest BCUT2D eigenvalue weighted by molar-refractivity contribution is 1.07. The monoisotopic (exact) mass is 563 g/mol. The first-order valence-electron chi connectivity index (χ1n) is 12.8. The van der Waals surface area contributed by atoms with Gasteiger partial charge in [0.1, 0.15) is 0 Å². The van der Waals surface area contributed by atoms with Crippen molar-refractivity contribution in [3.05, 3.63) is 138 Å². The quantitative estimate of drug-likeness (QED) is 0.200. The first kappa shape index (κ1) is 23.4. The Morgan fingerprint density at radius 1 is 0.359 bits per heavy atom. The van der Waals surface area contributed by atoms with Crippen LogP contribution in [0.5, 0.6) is 0 Å². The molecule has 0 spiro atoms. The Morgan fingerprint density at radius 3 is 1.36 bits per heavy atom. The van der Waals surface area contributed by atoms with Crippen LogP contribution >= 0.6 is 15.9 Å². The van der Waals surface area contributed by atoms with E-state index < -0.39 is 0 Å². The number of hydrogen-bond donors (Lipinski definition) is 0. The van der Waals surface area contributed by atoms with E-state index in [0.29, 0.717) is 17.5 Å². The van der Waals surface area contributed by atoms with Crippen molar-refractivity contribution in [3.63, 3.8) is 0 Å². The van der Waals surface area contributed by atoms with Gasteiger partial charge in [-0.1, -0.05) is 127 Å². The van der Waals surface area contributed by atoms with E-state index >= 15 is 0 Å². The predicted octanol–water partition coefficient (Wildman–Crippen LogP) is 9.61. The highest BCUT2D eigenvalue weighted by molar-refractivity contribution is 9.10. The topological polar surface area (TPSA) is 38.7 Å². The molecular formula is C35H22BrN3. The van der Waals surface area contributed by atoms with Crippen molar-refractivity contribution in [3.8, 4) is 45.3 Å². The number of benzene rings is 6. The van der Waals surface area contributed by atoms with Gasteiger partial charge in [-0.15, -0.1) is 0 Å². The van der Waals surface area contributed by atoms with Gasteiger partial charge in [0.25, 0.3) is 0 Å². The van der Waals surface area contributed by atoms with Gasteiger partial charge in [-0.05, 0) is 49.1 Å². The molecule has 0 aliphatic carbocycles. The zero-order valence-electron chi connectivity index (χ0n) is 20.9. The number of rotatable bonds is 4. The Morgan fingerprint density at radius 2 is 0.795 bits per heavy atom. The van der Waals surface area contributed by atoms with E-state index in [2.05, 4.69) is 82.7 Å². The number of nitrogens with zero attached hydrogens (tertiary/aromatic N) is 3. The average Bonchev–Trinajstić information content (AvgIpc) is 3.02. The minimum absolute atomic E-state index is 0.646. The molecule has 1 heterocycles. The summed E-state index contributed by atoms with van der Waals surface area (Å²) in [5, 5.41) is 4.73. The first-order chi connectivity index (χ1) is 19.3. The van der Waals surface area contributed by atoms with Crippen LogP contribution in [-0.2, 0) is 0 Å². The molecule has 0 aliphatic rings. The molecule has 4 heteroatoms. The second kappa shape index (κ2) is 9.90. The zero-order chi connectivity index (χ0) is 26.2. The van der Waals surface area contributed by atoms with Crippen LogP contribution in [0.3, 0.4) is 0 Å². The SMILES string of the molecule is Brc1c(-c2ccccc2)c2cc(-c3nc(-c4ccccc4)nc(-c4ccccc4)n3)ccc2c2ccccc12. The van der Waals surface area contributed by atoms with Gasteiger partial charge in [0.15, 0.2) is 17.5 Å². The van der Waals surface area contributed by atoms with E-state index in [1.807, 2.05) is 66.7 Å². The van der Waals surface area contributed by atoms with Crippen molar-refractivity contribution in [2.24, 2.45) is 0 Å². The zero-order valence-corrected chi connectivity index (χ0v) is 22.5. The standard InChI is InChI=1S/C35H22BrN3/c36-32-29-19-11-10-18-27(29)28-21-20-26(22-30(28)31(32)23-12-4-1-5-13-23)35-38-33(24-14-6-2-7-15-24)37-34(39-35)25-16-8-3-9-17-25/h1-22H. The molecule has 0 radical (unpaired) electrons. The summed E-state index contributed by atoms with van der Waals surface area (Å²) < 4.78 is 1.08. The largest absolute Gasteiger partial charge is 0.208 e. The molecule has 1 aromatic heterocycles. The predicted molar refractivity (Wildman–Crippen MR) is 164 cm³/mol. The fourth-order valence-electron chi connectivity index (χ4n) is 5.11. The maximum Gasteiger partial charge on any atom is 0.164 e. The van der Waals surface area contributed by atoms with E-state index in [1.165, 1.54) is 16.2 Å². The molecule has 0 saturated carbocycles. The van der Waals surface area contributed by atoms with Gasteiger partial charge < -0.3 is 0 Å². The summed E-state index contributed by atoms with van der Waals surface area (Å²) in [6, 6.07) is 45.7. The first-order valence-corrected chi connectivity index (χ1v) is 13.6. The summed E-state index contributed by atoms with van der Waals surface area (Å²) in [4.78, 5) is 14.8. The third kappa shape index (κ3) is 4.29. The van der Waals surface area contributed by atoms with Gasteiger partial charge in [0.2, 0.25) is 0 Å².